The zero-order chi connectivity index (χ0) is 12.0. The molecule has 0 spiro atoms. The van der Waals surface area contributed by atoms with Crippen LogP contribution in [0.3, 0.4) is 0 Å². The maximum Gasteiger partial charge on any atom is 0.225 e. The fourth-order valence-electron chi connectivity index (χ4n) is 1.79. The van der Waals surface area contributed by atoms with E-state index in [1.54, 1.807) is 7.11 Å². The minimum absolute atomic E-state index is 0.133. The third kappa shape index (κ3) is 4.49. The Bertz CT molecular complexity index is 213. The Labute approximate surface area is 98.1 Å². The molecule has 4 heteroatoms. The lowest BCUT2D eigenvalue weighted by molar-refractivity contribution is -0.133. The highest BCUT2D eigenvalue weighted by Crippen LogP contribution is 2.30. The lowest BCUT2D eigenvalue weighted by Crippen LogP contribution is -2.37. The molecule has 0 aromatic heterocycles. The summed E-state index contributed by atoms with van der Waals surface area (Å²) >= 11 is 0. The molecule has 1 saturated carbocycles. The van der Waals surface area contributed by atoms with Crippen LogP contribution in [0.5, 0.6) is 0 Å². The molecule has 0 heterocycles. The van der Waals surface area contributed by atoms with E-state index in [1.165, 1.54) is 12.8 Å². The van der Waals surface area contributed by atoms with Crippen LogP contribution in [0.4, 0.5) is 0 Å². The van der Waals surface area contributed by atoms with E-state index in [4.69, 9.17) is 10.5 Å². The second kappa shape index (κ2) is 6.86. The van der Waals surface area contributed by atoms with Crippen LogP contribution in [-0.2, 0) is 9.53 Å². The molecule has 0 aromatic carbocycles. The number of hydrogen-bond donors (Lipinski definition) is 1. The van der Waals surface area contributed by atoms with E-state index < -0.39 is 0 Å². The summed E-state index contributed by atoms with van der Waals surface area (Å²) in [6, 6.07) is 0. The first-order valence-corrected chi connectivity index (χ1v) is 6.21. The zero-order valence-electron chi connectivity index (χ0n) is 10.4. The van der Waals surface area contributed by atoms with Crippen molar-refractivity contribution in [2.45, 2.75) is 38.7 Å². The Morgan fingerprint density at radius 1 is 1.56 bits per heavy atom. The molecule has 94 valence electrons. The van der Waals surface area contributed by atoms with Gasteiger partial charge in [-0.25, -0.2) is 0 Å². The van der Waals surface area contributed by atoms with Gasteiger partial charge in [0.05, 0.1) is 12.5 Å². The molecule has 0 radical (unpaired) electrons. The van der Waals surface area contributed by atoms with Gasteiger partial charge in [-0.1, -0.05) is 6.92 Å². The van der Waals surface area contributed by atoms with E-state index in [-0.39, 0.29) is 12.0 Å². The van der Waals surface area contributed by atoms with Crippen molar-refractivity contribution in [2.75, 3.05) is 26.7 Å². The van der Waals surface area contributed by atoms with Crippen molar-refractivity contribution >= 4 is 5.91 Å². The normalized spacial score (nSPS) is 17.2. The van der Waals surface area contributed by atoms with Gasteiger partial charge in [-0.15, -0.1) is 0 Å². The molecule has 1 fully saturated rings. The molecular weight excluding hydrogens is 204 g/mol. The number of hydrogen-bond acceptors (Lipinski definition) is 3. The Kier molecular flexibility index (Phi) is 5.77. The summed E-state index contributed by atoms with van der Waals surface area (Å²) < 4.78 is 5.15. The fourth-order valence-corrected chi connectivity index (χ4v) is 1.79. The molecule has 1 unspecified atom stereocenters. The standard InChI is InChI=1S/C12H24N2O2/c1-3-6-14(9-10-4-5-10)12(15)7-11(8-13)16-2/h10-11H,3-9,13H2,1-2H3. The van der Waals surface area contributed by atoms with Gasteiger partial charge in [-0.05, 0) is 25.2 Å². The van der Waals surface area contributed by atoms with Gasteiger partial charge < -0.3 is 15.4 Å². The summed E-state index contributed by atoms with van der Waals surface area (Å²) in [5, 5.41) is 0. The number of nitrogens with zero attached hydrogens (tertiary/aromatic N) is 1. The first kappa shape index (κ1) is 13.5. The topological polar surface area (TPSA) is 55.6 Å². The van der Waals surface area contributed by atoms with Gasteiger partial charge in [0.2, 0.25) is 5.91 Å². The Hall–Kier alpha value is -0.610. The minimum atomic E-state index is -0.133. The number of amides is 1. The van der Waals surface area contributed by atoms with Gasteiger partial charge in [0.25, 0.3) is 0 Å². The molecule has 1 aliphatic rings. The highest BCUT2D eigenvalue weighted by Gasteiger charge is 2.27. The van der Waals surface area contributed by atoms with E-state index in [2.05, 4.69) is 6.92 Å². The van der Waals surface area contributed by atoms with Crippen LogP contribution >= 0.6 is 0 Å². The summed E-state index contributed by atoms with van der Waals surface area (Å²) in [6.07, 6.45) is 3.85. The van der Waals surface area contributed by atoms with Crippen molar-refractivity contribution in [1.82, 2.24) is 4.90 Å². The van der Waals surface area contributed by atoms with Crippen LogP contribution in [0.1, 0.15) is 32.6 Å². The third-order valence-corrected chi connectivity index (χ3v) is 3.02. The summed E-state index contributed by atoms with van der Waals surface area (Å²) in [7, 11) is 1.61. The third-order valence-electron chi connectivity index (χ3n) is 3.02. The van der Waals surface area contributed by atoms with Crippen molar-refractivity contribution in [2.24, 2.45) is 11.7 Å². The van der Waals surface area contributed by atoms with Gasteiger partial charge in [0.15, 0.2) is 0 Å². The number of carbonyl (C=O) groups is 1. The van der Waals surface area contributed by atoms with Crippen molar-refractivity contribution in [3.63, 3.8) is 0 Å². The van der Waals surface area contributed by atoms with Crippen molar-refractivity contribution < 1.29 is 9.53 Å². The highest BCUT2D eigenvalue weighted by atomic mass is 16.5. The first-order valence-electron chi connectivity index (χ1n) is 6.21. The molecule has 16 heavy (non-hydrogen) atoms. The molecular formula is C12H24N2O2. The predicted octanol–water partition coefficient (Wildman–Crippen LogP) is 0.999. The van der Waals surface area contributed by atoms with E-state index in [0.29, 0.717) is 13.0 Å². The van der Waals surface area contributed by atoms with Crippen LogP contribution in [0.25, 0.3) is 0 Å². The highest BCUT2D eigenvalue weighted by molar-refractivity contribution is 5.76. The summed E-state index contributed by atoms with van der Waals surface area (Å²) in [4.78, 5) is 14.0. The summed E-state index contributed by atoms with van der Waals surface area (Å²) in [5.41, 5.74) is 5.52. The van der Waals surface area contributed by atoms with Crippen LogP contribution in [-0.4, -0.2) is 43.7 Å². The van der Waals surface area contributed by atoms with Gasteiger partial charge in [-0.3, -0.25) is 4.79 Å². The molecule has 1 atom stereocenters. The molecule has 0 aliphatic heterocycles. The zero-order valence-corrected chi connectivity index (χ0v) is 10.4. The SMILES string of the molecule is CCCN(CC1CC1)C(=O)CC(CN)OC. The van der Waals surface area contributed by atoms with E-state index >= 15 is 0 Å². The Balaban J connectivity index is 2.38. The number of carbonyl (C=O) groups excluding carboxylic acids is 1. The second-order valence-electron chi connectivity index (χ2n) is 4.58. The lowest BCUT2D eigenvalue weighted by atomic mass is 10.2. The number of ether oxygens (including phenoxy) is 1. The van der Waals surface area contributed by atoms with Gasteiger partial charge in [0, 0.05) is 26.7 Å². The largest absolute Gasteiger partial charge is 0.380 e. The van der Waals surface area contributed by atoms with Gasteiger partial charge in [-0.2, -0.15) is 0 Å². The van der Waals surface area contributed by atoms with Crippen molar-refractivity contribution in [3.8, 4) is 0 Å². The quantitative estimate of drug-likeness (QED) is 0.674. The molecule has 1 rings (SSSR count). The summed E-state index contributed by atoms with van der Waals surface area (Å²) in [6.45, 7) is 4.29. The number of methoxy groups -OCH3 is 1. The molecule has 2 N–H and O–H groups in total. The average molecular weight is 228 g/mol. The predicted molar refractivity (Wildman–Crippen MR) is 64.1 cm³/mol. The van der Waals surface area contributed by atoms with Crippen LogP contribution in [0.15, 0.2) is 0 Å². The van der Waals surface area contributed by atoms with Crippen LogP contribution in [0.2, 0.25) is 0 Å². The smallest absolute Gasteiger partial charge is 0.225 e. The maximum absolute atomic E-state index is 12.0. The van der Waals surface area contributed by atoms with Crippen LogP contribution in [0, 0.1) is 5.92 Å². The number of nitrogens with two attached hydrogens (primary N) is 1. The fraction of sp³-hybridized carbons (Fsp3) is 0.917. The van der Waals surface area contributed by atoms with Crippen molar-refractivity contribution in [3.05, 3.63) is 0 Å². The van der Waals surface area contributed by atoms with Crippen LogP contribution < -0.4 is 5.73 Å². The second-order valence-corrected chi connectivity index (χ2v) is 4.58. The molecule has 0 saturated heterocycles. The van der Waals surface area contributed by atoms with Crippen molar-refractivity contribution in [1.29, 1.82) is 0 Å². The molecule has 4 nitrogen and oxygen atoms in total. The molecule has 1 amide bonds. The average Bonchev–Trinajstić information content (AvgIpc) is 3.08. The Morgan fingerprint density at radius 3 is 2.69 bits per heavy atom. The molecule has 0 aromatic rings. The monoisotopic (exact) mass is 228 g/mol. The number of rotatable bonds is 8. The van der Waals surface area contributed by atoms with E-state index in [1.807, 2.05) is 4.90 Å². The minimum Gasteiger partial charge on any atom is -0.380 e. The van der Waals surface area contributed by atoms with Gasteiger partial charge >= 0.3 is 0 Å². The maximum atomic E-state index is 12.0. The summed E-state index contributed by atoms with van der Waals surface area (Å²) in [5.74, 6) is 0.931. The molecule has 1 aliphatic carbocycles. The van der Waals surface area contributed by atoms with E-state index in [9.17, 15) is 4.79 Å². The van der Waals surface area contributed by atoms with Gasteiger partial charge in [0.1, 0.15) is 0 Å². The lowest BCUT2D eigenvalue weighted by Gasteiger charge is -2.24. The van der Waals surface area contributed by atoms with E-state index in [0.717, 1.165) is 25.4 Å². The first-order chi connectivity index (χ1) is 7.71. The Morgan fingerprint density at radius 2 is 2.25 bits per heavy atom. The molecule has 0 bridgehead atoms.